The van der Waals surface area contributed by atoms with Crippen LogP contribution in [0.3, 0.4) is 0 Å². The topological polar surface area (TPSA) is 54.5 Å². The zero-order valence-electron chi connectivity index (χ0n) is 12.5. The number of rotatable bonds is 2. The average Bonchev–Trinajstić information content (AvgIpc) is 3.14. The van der Waals surface area contributed by atoms with Crippen LogP contribution in [0.2, 0.25) is 0 Å². The first kappa shape index (κ1) is 14.0. The van der Waals surface area contributed by atoms with Crippen LogP contribution in [0.4, 0.5) is 0 Å². The maximum atomic E-state index is 12.7. The summed E-state index contributed by atoms with van der Waals surface area (Å²) in [5, 5.41) is -0.268. The van der Waals surface area contributed by atoms with Gasteiger partial charge in [0.25, 0.3) is 0 Å². The Kier molecular flexibility index (Phi) is 3.32. The molecule has 3 saturated carbocycles. The van der Waals surface area contributed by atoms with Gasteiger partial charge in [-0.2, -0.15) is 0 Å². The summed E-state index contributed by atoms with van der Waals surface area (Å²) in [6, 6.07) is -0.0187. The van der Waals surface area contributed by atoms with E-state index in [9.17, 15) is 13.2 Å². The van der Waals surface area contributed by atoms with Crippen molar-refractivity contribution < 1.29 is 13.2 Å². The molecule has 21 heavy (non-hydrogen) atoms. The summed E-state index contributed by atoms with van der Waals surface area (Å²) in [5.74, 6) is 2.63. The van der Waals surface area contributed by atoms with E-state index in [1.165, 1.54) is 25.7 Å². The standard InChI is InChI=1S/C16H25NO3S/c18-16(10-13-9-11-4-5-12(13)8-11)17-6-7-21(19,20)15-3-1-2-14(15)17/h11-15H,1-10H2. The van der Waals surface area contributed by atoms with Gasteiger partial charge in [0, 0.05) is 19.0 Å². The normalized spacial score (nSPS) is 44.0. The molecular formula is C16H25NO3S. The molecule has 2 bridgehead atoms. The van der Waals surface area contributed by atoms with Gasteiger partial charge in [-0.1, -0.05) is 6.42 Å². The monoisotopic (exact) mass is 311 g/mol. The molecule has 5 heteroatoms. The van der Waals surface area contributed by atoms with E-state index in [1.807, 2.05) is 4.90 Å². The lowest BCUT2D eigenvalue weighted by Crippen LogP contribution is -2.54. The third kappa shape index (κ3) is 2.32. The van der Waals surface area contributed by atoms with Crippen molar-refractivity contribution in [3.8, 4) is 0 Å². The van der Waals surface area contributed by atoms with E-state index in [2.05, 4.69) is 0 Å². The lowest BCUT2D eigenvalue weighted by atomic mass is 9.86. The molecule has 0 aromatic carbocycles. The van der Waals surface area contributed by atoms with Crippen LogP contribution in [0.5, 0.6) is 0 Å². The van der Waals surface area contributed by atoms with E-state index in [4.69, 9.17) is 0 Å². The van der Waals surface area contributed by atoms with Crippen LogP contribution in [0.25, 0.3) is 0 Å². The fraction of sp³-hybridized carbons (Fsp3) is 0.938. The molecule has 1 aliphatic heterocycles. The van der Waals surface area contributed by atoms with Crippen LogP contribution in [-0.2, 0) is 14.6 Å². The van der Waals surface area contributed by atoms with Gasteiger partial charge in [0.2, 0.25) is 5.91 Å². The number of carbonyl (C=O) groups excluding carboxylic acids is 1. The Morgan fingerprint density at radius 1 is 1.10 bits per heavy atom. The minimum absolute atomic E-state index is 0.0187. The lowest BCUT2D eigenvalue weighted by Gasteiger charge is -2.38. The molecule has 4 nitrogen and oxygen atoms in total. The van der Waals surface area contributed by atoms with Crippen molar-refractivity contribution >= 4 is 15.7 Å². The van der Waals surface area contributed by atoms with Crippen LogP contribution in [-0.4, -0.2) is 42.8 Å². The Labute approximate surface area is 127 Å². The van der Waals surface area contributed by atoms with E-state index in [0.717, 1.165) is 31.1 Å². The highest BCUT2D eigenvalue weighted by atomic mass is 32.2. The largest absolute Gasteiger partial charge is 0.337 e. The average molecular weight is 311 g/mol. The van der Waals surface area contributed by atoms with Crippen molar-refractivity contribution in [2.75, 3.05) is 12.3 Å². The zero-order chi connectivity index (χ0) is 14.6. The SMILES string of the molecule is O=C(CC1CC2CCC1C2)N1CCS(=O)(=O)C2CCCC21. The number of carbonyl (C=O) groups is 1. The van der Waals surface area contributed by atoms with Gasteiger partial charge in [0.15, 0.2) is 9.84 Å². The second-order valence-corrected chi connectivity index (χ2v) is 9.97. The van der Waals surface area contributed by atoms with Crippen molar-refractivity contribution in [3.63, 3.8) is 0 Å². The molecule has 3 aliphatic carbocycles. The molecule has 0 aromatic rings. The second-order valence-electron chi connectivity index (χ2n) is 7.63. The van der Waals surface area contributed by atoms with Crippen molar-refractivity contribution in [2.45, 2.75) is 62.7 Å². The van der Waals surface area contributed by atoms with E-state index >= 15 is 0 Å². The van der Waals surface area contributed by atoms with Crippen LogP contribution < -0.4 is 0 Å². The first-order valence-electron chi connectivity index (χ1n) is 8.55. The molecule has 0 N–H and O–H groups in total. The number of nitrogens with zero attached hydrogens (tertiary/aromatic N) is 1. The third-order valence-corrected chi connectivity index (χ3v) is 8.76. The number of amides is 1. The minimum atomic E-state index is -2.96. The van der Waals surface area contributed by atoms with Crippen LogP contribution in [0, 0.1) is 17.8 Å². The van der Waals surface area contributed by atoms with Gasteiger partial charge in [-0.15, -0.1) is 0 Å². The van der Waals surface area contributed by atoms with Crippen molar-refractivity contribution in [1.82, 2.24) is 4.90 Å². The molecule has 4 aliphatic rings. The van der Waals surface area contributed by atoms with Crippen LogP contribution >= 0.6 is 0 Å². The first-order chi connectivity index (χ1) is 10.0. The van der Waals surface area contributed by atoms with Gasteiger partial charge in [-0.25, -0.2) is 8.42 Å². The van der Waals surface area contributed by atoms with Crippen molar-refractivity contribution in [2.24, 2.45) is 17.8 Å². The smallest absolute Gasteiger partial charge is 0.223 e. The number of fused-ring (bicyclic) bond motifs is 3. The van der Waals surface area contributed by atoms with Crippen LogP contribution in [0.1, 0.15) is 51.4 Å². The van der Waals surface area contributed by atoms with Gasteiger partial charge in [-0.3, -0.25) is 4.79 Å². The molecular weight excluding hydrogens is 286 g/mol. The molecule has 0 spiro atoms. The highest BCUT2D eigenvalue weighted by Crippen LogP contribution is 2.50. The summed E-state index contributed by atoms with van der Waals surface area (Å²) in [6.07, 6.45) is 8.49. The summed E-state index contributed by atoms with van der Waals surface area (Å²) in [6.45, 7) is 0.434. The molecule has 118 valence electrons. The molecule has 5 atom stereocenters. The highest BCUT2D eigenvalue weighted by Gasteiger charge is 2.47. The molecule has 4 rings (SSSR count). The molecule has 1 heterocycles. The number of hydrogen-bond donors (Lipinski definition) is 0. The zero-order valence-corrected chi connectivity index (χ0v) is 13.4. The van der Waals surface area contributed by atoms with Gasteiger partial charge >= 0.3 is 0 Å². The van der Waals surface area contributed by atoms with E-state index in [1.54, 1.807) is 0 Å². The highest BCUT2D eigenvalue weighted by molar-refractivity contribution is 7.92. The predicted octanol–water partition coefficient (Wildman–Crippen LogP) is 1.99. The van der Waals surface area contributed by atoms with Gasteiger partial charge in [0.1, 0.15) is 0 Å². The first-order valence-corrected chi connectivity index (χ1v) is 10.3. The molecule has 0 radical (unpaired) electrons. The maximum Gasteiger partial charge on any atom is 0.223 e. The number of sulfone groups is 1. The summed E-state index contributed by atoms with van der Waals surface area (Å²) < 4.78 is 24.3. The van der Waals surface area contributed by atoms with Gasteiger partial charge in [-0.05, 0) is 56.3 Å². The quantitative estimate of drug-likeness (QED) is 0.783. The fourth-order valence-electron chi connectivity index (χ4n) is 5.50. The van der Waals surface area contributed by atoms with E-state index < -0.39 is 9.84 Å². The summed E-state index contributed by atoms with van der Waals surface area (Å²) in [4.78, 5) is 14.7. The Bertz CT molecular complexity index is 544. The van der Waals surface area contributed by atoms with E-state index in [-0.39, 0.29) is 23.0 Å². The predicted molar refractivity (Wildman–Crippen MR) is 80.5 cm³/mol. The van der Waals surface area contributed by atoms with Gasteiger partial charge in [0.05, 0.1) is 11.0 Å². The third-order valence-electron chi connectivity index (χ3n) is 6.54. The Hall–Kier alpha value is -0.580. The van der Waals surface area contributed by atoms with Crippen LogP contribution in [0.15, 0.2) is 0 Å². The van der Waals surface area contributed by atoms with Gasteiger partial charge < -0.3 is 4.90 Å². The fourth-order valence-corrected chi connectivity index (χ4v) is 7.54. The summed E-state index contributed by atoms with van der Waals surface area (Å²) in [5.41, 5.74) is 0. The Morgan fingerprint density at radius 3 is 2.67 bits per heavy atom. The molecule has 0 aromatic heterocycles. The summed E-state index contributed by atoms with van der Waals surface area (Å²) >= 11 is 0. The lowest BCUT2D eigenvalue weighted by molar-refractivity contribution is -0.134. The Morgan fingerprint density at radius 2 is 1.95 bits per heavy atom. The molecule has 1 amide bonds. The minimum Gasteiger partial charge on any atom is -0.337 e. The second kappa shape index (κ2) is 4.97. The summed E-state index contributed by atoms with van der Waals surface area (Å²) in [7, 11) is -2.96. The van der Waals surface area contributed by atoms with Crippen molar-refractivity contribution in [3.05, 3.63) is 0 Å². The van der Waals surface area contributed by atoms with E-state index in [0.29, 0.717) is 18.9 Å². The maximum absolute atomic E-state index is 12.7. The molecule has 1 saturated heterocycles. The molecule has 4 fully saturated rings. The number of hydrogen-bond acceptors (Lipinski definition) is 3. The van der Waals surface area contributed by atoms with Crippen molar-refractivity contribution in [1.29, 1.82) is 0 Å². The molecule has 5 unspecified atom stereocenters. The Balaban J connectivity index is 1.45.